The summed E-state index contributed by atoms with van der Waals surface area (Å²) < 4.78 is 0. The first-order valence-electron chi connectivity index (χ1n) is 10.0. The summed E-state index contributed by atoms with van der Waals surface area (Å²) in [5.41, 5.74) is 5.70. The monoisotopic (exact) mass is 403 g/mol. The molecule has 1 aromatic heterocycles. The number of aromatic nitrogens is 1. The molecule has 0 radical (unpaired) electrons. The maximum atomic E-state index is 10.2. The molecule has 0 bridgehead atoms. The van der Waals surface area contributed by atoms with Gasteiger partial charge in [-0.3, -0.25) is 0 Å². The molecule has 0 unspecified atom stereocenters. The van der Waals surface area contributed by atoms with Crippen LogP contribution in [-0.4, -0.2) is 28.8 Å². The van der Waals surface area contributed by atoms with E-state index in [1.54, 1.807) is 11.3 Å². The highest BCUT2D eigenvalue weighted by molar-refractivity contribution is 7.15. The normalized spacial score (nSPS) is 20.9. The van der Waals surface area contributed by atoms with Crippen molar-refractivity contribution in [3.63, 3.8) is 0 Å². The first kappa shape index (κ1) is 19.6. The lowest BCUT2D eigenvalue weighted by atomic mass is 9.73. The van der Waals surface area contributed by atoms with E-state index in [4.69, 9.17) is 4.98 Å². The first-order chi connectivity index (χ1) is 14.1. The van der Waals surface area contributed by atoms with E-state index in [-0.39, 0.29) is 24.6 Å². The number of anilines is 1. The number of benzene rings is 2. The van der Waals surface area contributed by atoms with Gasteiger partial charge in [0.25, 0.3) is 0 Å². The fourth-order valence-corrected chi connectivity index (χ4v) is 5.49. The fraction of sp³-hybridized carbons (Fsp3) is 0.333. The second kappa shape index (κ2) is 7.98. The van der Waals surface area contributed by atoms with E-state index in [0.29, 0.717) is 0 Å². The van der Waals surface area contributed by atoms with Gasteiger partial charge in [-0.2, -0.15) is 5.26 Å². The molecule has 29 heavy (non-hydrogen) atoms. The van der Waals surface area contributed by atoms with Gasteiger partial charge >= 0.3 is 0 Å². The Hall–Kier alpha value is -2.68. The molecular weight excluding hydrogens is 378 g/mol. The van der Waals surface area contributed by atoms with Crippen LogP contribution in [0, 0.1) is 25.2 Å². The number of nitrogens with zero attached hydrogens (tertiary/aromatic N) is 3. The van der Waals surface area contributed by atoms with Crippen LogP contribution >= 0.6 is 11.3 Å². The van der Waals surface area contributed by atoms with E-state index >= 15 is 0 Å². The number of nitriles is 1. The lowest BCUT2D eigenvalue weighted by Gasteiger charge is -2.52. The van der Waals surface area contributed by atoms with Crippen molar-refractivity contribution in [3.05, 3.63) is 70.2 Å². The minimum absolute atomic E-state index is 0.00889. The van der Waals surface area contributed by atoms with Crippen molar-refractivity contribution >= 4 is 16.5 Å². The van der Waals surface area contributed by atoms with Crippen molar-refractivity contribution in [3.8, 4) is 17.2 Å². The third-order valence-corrected chi connectivity index (χ3v) is 6.95. The van der Waals surface area contributed by atoms with Crippen LogP contribution in [0.1, 0.15) is 34.5 Å². The Kier molecular flexibility index (Phi) is 5.40. The average molecular weight is 404 g/mol. The quantitative estimate of drug-likeness (QED) is 0.662. The van der Waals surface area contributed by atoms with Crippen LogP contribution in [0.2, 0.25) is 0 Å². The third kappa shape index (κ3) is 3.23. The van der Waals surface area contributed by atoms with E-state index in [9.17, 15) is 10.4 Å². The lowest BCUT2D eigenvalue weighted by molar-refractivity contribution is 0.188. The minimum atomic E-state index is -0.340. The smallest absolute Gasteiger partial charge is 0.187 e. The molecule has 2 aromatic carbocycles. The first-order valence-corrected chi connectivity index (χ1v) is 10.8. The van der Waals surface area contributed by atoms with Crippen LogP contribution in [-0.2, 0) is 6.42 Å². The Bertz CT molecular complexity index is 1070. The molecule has 0 saturated carbocycles. The van der Waals surface area contributed by atoms with Gasteiger partial charge in [0.2, 0.25) is 0 Å². The molecule has 0 aliphatic carbocycles. The topological polar surface area (TPSA) is 60.2 Å². The highest BCUT2D eigenvalue weighted by Gasteiger charge is 2.51. The molecule has 1 saturated heterocycles. The molecule has 1 N–H and O–H groups in total. The summed E-state index contributed by atoms with van der Waals surface area (Å²) in [6.07, 6.45) is 0.872. The highest BCUT2D eigenvalue weighted by Crippen LogP contribution is 2.47. The summed E-state index contributed by atoms with van der Waals surface area (Å²) in [6.45, 7) is 6.26. The van der Waals surface area contributed by atoms with Crippen molar-refractivity contribution in [1.82, 2.24) is 4.98 Å². The van der Waals surface area contributed by atoms with Crippen LogP contribution in [0.5, 0.6) is 0 Å². The van der Waals surface area contributed by atoms with Crippen LogP contribution in [0.4, 0.5) is 5.13 Å². The Morgan fingerprint density at radius 1 is 1.10 bits per heavy atom. The van der Waals surface area contributed by atoms with Gasteiger partial charge in [0.15, 0.2) is 5.13 Å². The fourth-order valence-electron chi connectivity index (χ4n) is 4.40. The minimum Gasteiger partial charge on any atom is -0.394 e. The van der Waals surface area contributed by atoms with Crippen LogP contribution < -0.4 is 4.90 Å². The van der Waals surface area contributed by atoms with Crippen molar-refractivity contribution in [2.75, 3.05) is 11.5 Å². The Labute approximate surface area is 176 Å². The molecule has 0 amide bonds. The van der Waals surface area contributed by atoms with E-state index in [2.05, 4.69) is 51.1 Å². The summed E-state index contributed by atoms with van der Waals surface area (Å²) in [4.78, 5) is 7.94. The van der Waals surface area contributed by atoms with Gasteiger partial charge in [-0.25, -0.2) is 4.98 Å². The molecule has 2 heterocycles. The number of aryl methyl sites for hydroxylation is 3. The van der Waals surface area contributed by atoms with Crippen LogP contribution in [0.3, 0.4) is 0 Å². The van der Waals surface area contributed by atoms with Crippen molar-refractivity contribution in [2.45, 2.75) is 45.2 Å². The Balaban J connectivity index is 1.77. The zero-order valence-corrected chi connectivity index (χ0v) is 17.8. The summed E-state index contributed by atoms with van der Waals surface area (Å²) in [7, 11) is 0. The maximum absolute atomic E-state index is 10.2. The second-order valence-electron chi connectivity index (χ2n) is 7.51. The van der Waals surface area contributed by atoms with Crippen molar-refractivity contribution in [1.29, 1.82) is 5.26 Å². The summed E-state index contributed by atoms with van der Waals surface area (Å²) in [5.74, 6) is -0.0601. The summed E-state index contributed by atoms with van der Waals surface area (Å²) >= 11 is 1.61. The van der Waals surface area contributed by atoms with E-state index in [1.807, 2.05) is 29.2 Å². The molecule has 3 atom stereocenters. The van der Waals surface area contributed by atoms with E-state index in [1.165, 1.54) is 16.0 Å². The molecule has 1 fully saturated rings. The summed E-state index contributed by atoms with van der Waals surface area (Å²) in [6, 6.07) is 18.6. The largest absolute Gasteiger partial charge is 0.394 e. The van der Waals surface area contributed by atoms with Crippen LogP contribution in [0.25, 0.3) is 11.1 Å². The molecule has 148 valence electrons. The van der Waals surface area contributed by atoms with Gasteiger partial charge in [0.05, 0.1) is 24.4 Å². The molecule has 1 aliphatic heterocycles. The van der Waals surface area contributed by atoms with E-state index in [0.717, 1.165) is 28.4 Å². The summed E-state index contributed by atoms with van der Waals surface area (Å²) in [5, 5.41) is 21.1. The number of aliphatic hydroxyl groups excluding tert-OH is 1. The molecular formula is C24H25N3OS. The number of hydrogen-bond acceptors (Lipinski definition) is 5. The van der Waals surface area contributed by atoms with Gasteiger partial charge in [0, 0.05) is 10.8 Å². The molecule has 4 rings (SSSR count). The zero-order valence-electron chi connectivity index (χ0n) is 17.0. The molecule has 1 aliphatic rings. The third-order valence-electron chi connectivity index (χ3n) is 5.92. The standard InChI is InChI=1S/C24H25N3OS/c1-4-20-16(3)29-24(26-20)27-21(13-25)23(22(27)14-28)19-12-8-7-11-18(19)17-10-6-5-9-15(17)2/h5-12,21-23,28H,4,14H2,1-3H3/t21-,22-,23+/m0/s1. The van der Waals surface area contributed by atoms with Crippen LogP contribution in [0.15, 0.2) is 48.5 Å². The Morgan fingerprint density at radius 2 is 1.79 bits per heavy atom. The van der Waals surface area contributed by atoms with Crippen molar-refractivity contribution in [2.24, 2.45) is 0 Å². The molecule has 4 nitrogen and oxygen atoms in total. The van der Waals surface area contributed by atoms with Gasteiger partial charge in [-0.1, -0.05) is 55.5 Å². The van der Waals surface area contributed by atoms with Gasteiger partial charge < -0.3 is 10.0 Å². The van der Waals surface area contributed by atoms with Gasteiger partial charge in [-0.05, 0) is 42.5 Å². The number of rotatable bonds is 5. The molecule has 5 heteroatoms. The number of thiazole rings is 1. The second-order valence-corrected chi connectivity index (χ2v) is 8.69. The number of hydrogen-bond donors (Lipinski definition) is 1. The highest BCUT2D eigenvalue weighted by atomic mass is 32.1. The molecule has 3 aromatic rings. The number of aliphatic hydroxyl groups is 1. The SMILES string of the molecule is CCc1nc(N2[C@@H](C#N)[C@@H](c3ccccc3-c3ccccc3C)[C@@H]2CO)sc1C. The van der Waals surface area contributed by atoms with Gasteiger partial charge in [0.1, 0.15) is 6.04 Å². The Morgan fingerprint density at radius 3 is 2.41 bits per heavy atom. The van der Waals surface area contributed by atoms with E-state index < -0.39 is 0 Å². The van der Waals surface area contributed by atoms with Crippen molar-refractivity contribution < 1.29 is 5.11 Å². The average Bonchev–Trinajstić information content (AvgIpc) is 3.08. The predicted octanol–water partition coefficient (Wildman–Crippen LogP) is 4.85. The molecule has 0 spiro atoms. The maximum Gasteiger partial charge on any atom is 0.187 e. The zero-order chi connectivity index (χ0) is 20.5. The lowest BCUT2D eigenvalue weighted by Crippen LogP contribution is -2.63. The van der Waals surface area contributed by atoms with Gasteiger partial charge in [-0.15, -0.1) is 11.3 Å². The predicted molar refractivity (Wildman–Crippen MR) is 118 cm³/mol.